The predicted molar refractivity (Wildman–Crippen MR) is 85.2 cm³/mol. The first-order chi connectivity index (χ1) is 10.0. The van der Waals surface area contributed by atoms with Crippen molar-refractivity contribution in [1.82, 2.24) is 4.90 Å². The summed E-state index contributed by atoms with van der Waals surface area (Å²) in [5.41, 5.74) is 0.552. The highest BCUT2D eigenvalue weighted by Crippen LogP contribution is 2.43. The zero-order valence-corrected chi connectivity index (χ0v) is 13.4. The molecule has 0 aromatic heterocycles. The summed E-state index contributed by atoms with van der Waals surface area (Å²) in [5.74, 6) is -0.260. The Morgan fingerprint density at radius 1 is 1.33 bits per heavy atom. The predicted octanol–water partition coefficient (Wildman–Crippen LogP) is 4.10. The molecule has 1 heterocycles. The molecule has 0 radical (unpaired) electrons. The zero-order valence-electron chi connectivity index (χ0n) is 13.4. The molecule has 1 fully saturated rings. The van der Waals surface area contributed by atoms with Crippen LogP contribution in [-0.2, 0) is 4.79 Å². The van der Waals surface area contributed by atoms with Crippen molar-refractivity contribution in [2.45, 2.75) is 58.0 Å². The lowest BCUT2D eigenvalue weighted by Crippen LogP contribution is -2.52. The summed E-state index contributed by atoms with van der Waals surface area (Å²) in [6.07, 6.45) is 3.38. The molecule has 2 rings (SSSR count). The van der Waals surface area contributed by atoms with Crippen LogP contribution in [0.2, 0.25) is 0 Å². The number of carboxylic acid groups (broad SMARTS) is 1. The highest BCUT2D eigenvalue weighted by molar-refractivity contribution is 5.79. The molecular weight excluding hydrogens is 262 g/mol. The van der Waals surface area contributed by atoms with Crippen molar-refractivity contribution in [3.63, 3.8) is 0 Å². The topological polar surface area (TPSA) is 40.5 Å². The molecule has 1 aliphatic heterocycles. The molecule has 2 unspecified atom stereocenters. The number of aliphatic carboxylic acids is 1. The molecule has 116 valence electrons. The molecule has 0 saturated carbocycles. The van der Waals surface area contributed by atoms with E-state index in [0.717, 1.165) is 32.2 Å². The maximum absolute atomic E-state index is 12.0. The molecule has 3 nitrogen and oxygen atoms in total. The highest BCUT2D eigenvalue weighted by Gasteiger charge is 2.50. The van der Waals surface area contributed by atoms with Crippen molar-refractivity contribution >= 4 is 5.97 Å². The van der Waals surface area contributed by atoms with Gasteiger partial charge in [0.05, 0.1) is 0 Å². The van der Waals surface area contributed by atoms with Gasteiger partial charge in [0.15, 0.2) is 0 Å². The molecule has 0 bridgehead atoms. The Balaban J connectivity index is 2.41. The third-order valence-corrected chi connectivity index (χ3v) is 4.71. The van der Waals surface area contributed by atoms with E-state index < -0.39 is 11.5 Å². The number of carbonyl (C=O) groups is 1. The van der Waals surface area contributed by atoms with E-state index >= 15 is 0 Å². The Kier molecular flexibility index (Phi) is 5.04. The van der Waals surface area contributed by atoms with Gasteiger partial charge in [0.1, 0.15) is 5.54 Å². The van der Waals surface area contributed by atoms with Gasteiger partial charge in [0.25, 0.3) is 0 Å². The average molecular weight is 289 g/mol. The van der Waals surface area contributed by atoms with Gasteiger partial charge in [-0.3, -0.25) is 9.69 Å². The standard InChI is InChI=1S/C18H27NO2/c1-4-11-18(17(20)21)12-8-13-19(18)16(14(2)3)15-9-6-5-7-10-15/h5-7,9-10,14,16H,4,8,11-13H2,1-3H3,(H,20,21). The van der Waals surface area contributed by atoms with E-state index in [1.54, 1.807) is 0 Å². The van der Waals surface area contributed by atoms with Crippen LogP contribution >= 0.6 is 0 Å². The molecule has 1 aliphatic rings. The molecule has 1 N–H and O–H groups in total. The Labute approximate surface area is 128 Å². The SMILES string of the molecule is CCCC1(C(=O)O)CCCN1C(c1ccccc1)C(C)C. The van der Waals surface area contributed by atoms with Crippen molar-refractivity contribution in [1.29, 1.82) is 0 Å². The first-order valence-corrected chi connectivity index (χ1v) is 8.08. The third-order valence-electron chi connectivity index (χ3n) is 4.71. The largest absolute Gasteiger partial charge is 0.480 e. The normalized spacial score (nSPS) is 24.4. The fourth-order valence-corrected chi connectivity index (χ4v) is 3.90. The lowest BCUT2D eigenvalue weighted by atomic mass is 9.86. The van der Waals surface area contributed by atoms with Gasteiger partial charge in [0.2, 0.25) is 0 Å². The van der Waals surface area contributed by atoms with E-state index in [0.29, 0.717) is 5.92 Å². The van der Waals surface area contributed by atoms with E-state index in [4.69, 9.17) is 0 Å². The summed E-state index contributed by atoms with van der Waals surface area (Å²) in [6, 6.07) is 10.5. The number of nitrogens with zero attached hydrogens (tertiary/aromatic N) is 1. The number of likely N-dealkylation sites (tertiary alicyclic amines) is 1. The van der Waals surface area contributed by atoms with Gasteiger partial charge in [-0.05, 0) is 37.3 Å². The molecule has 1 aromatic rings. The minimum Gasteiger partial charge on any atom is -0.480 e. The fourth-order valence-electron chi connectivity index (χ4n) is 3.90. The molecule has 1 saturated heterocycles. The lowest BCUT2D eigenvalue weighted by molar-refractivity contribution is -0.152. The second-order valence-corrected chi connectivity index (χ2v) is 6.48. The number of hydrogen-bond acceptors (Lipinski definition) is 2. The molecule has 0 aliphatic carbocycles. The second kappa shape index (κ2) is 6.61. The van der Waals surface area contributed by atoms with Crippen molar-refractivity contribution in [2.24, 2.45) is 5.92 Å². The molecule has 3 heteroatoms. The third kappa shape index (κ3) is 2.98. The number of carboxylic acids is 1. The minimum atomic E-state index is -0.681. The van der Waals surface area contributed by atoms with E-state index in [1.807, 2.05) is 18.2 Å². The smallest absolute Gasteiger partial charge is 0.324 e. The number of rotatable bonds is 6. The summed E-state index contributed by atoms with van der Waals surface area (Å²) in [5, 5.41) is 9.90. The van der Waals surface area contributed by atoms with Crippen LogP contribution in [0.3, 0.4) is 0 Å². The fraction of sp³-hybridized carbons (Fsp3) is 0.611. The summed E-state index contributed by atoms with van der Waals surface area (Å²) >= 11 is 0. The lowest BCUT2D eigenvalue weighted by Gasteiger charge is -2.42. The summed E-state index contributed by atoms with van der Waals surface area (Å²) in [4.78, 5) is 14.3. The Morgan fingerprint density at radius 2 is 2.00 bits per heavy atom. The molecule has 0 amide bonds. The minimum absolute atomic E-state index is 0.177. The van der Waals surface area contributed by atoms with E-state index in [-0.39, 0.29) is 6.04 Å². The summed E-state index contributed by atoms with van der Waals surface area (Å²) in [7, 11) is 0. The van der Waals surface area contributed by atoms with Gasteiger partial charge in [-0.1, -0.05) is 57.5 Å². The van der Waals surface area contributed by atoms with Gasteiger partial charge in [-0.25, -0.2) is 0 Å². The van der Waals surface area contributed by atoms with Gasteiger partial charge in [0, 0.05) is 6.04 Å². The van der Waals surface area contributed by atoms with E-state index in [1.165, 1.54) is 5.56 Å². The van der Waals surface area contributed by atoms with Gasteiger partial charge < -0.3 is 5.11 Å². The molecular formula is C18H27NO2. The summed E-state index contributed by atoms with van der Waals surface area (Å²) < 4.78 is 0. The number of benzene rings is 1. The quantitative estimate of drug-likeness (QED) is 0.857. The Bertz CT molecular complexity index is 471. The first kappa shape index (κ1) is 16.0. The highest BCUT2D eigenvalue weighted by atomic mass is 16.4. The van der Waals surface area contributed by atoms with Crippen LogP contribution in [0.1, 0.15) is 58.1 Å². The van der Waals surface area contributed by atoms with E-state index in [9.17, 15) is 9.90 Å². The van der Waals surface area contributed by atoms with Crippen LogP contribution in [0.15, 0.2) is 30.3 Å². The van der Waals surface area contributed by atoms with Crippen molar-refractivity contribution in [3.8, 4) is 0 Å². The van der Waals surface area contributed by atoms with Crippen LogP contribution in [0.25, 0.3) is 0 Å². The maximum atomic E-state index is 12.0. The molecule has 1 aromatic carbocycles. The van der Waals surface area contributed by atoms with Gasteiger partial charge >= 0.3 is 5.97 Å². The van der Waals surface area contributed by atoms with Crippen LogP contribution < -0.4 is 0 Å². The molecule has 2 atom stereocenters. The van der Waals surface area contributed by atoms with Crippen molar-refractivity contribution < 1.29 is 9.90 Å². The first-order valence-electron chi connectivity index (χ1n) is 8.08. The Hall–Kier alpha value is -1.35. The molecule has 0 spiro atoms. The monoisotopic (exact) mass is 289 g/mol. The maximum Gasteiger partial charge on any atom is 0.324 e. The van der Waals surface area contributed by atoms with E-state index in [2.05, 4.69) is 37.8 Å². The van der Waals surface area contributed by atoms with Gasteiger partial charge in [-0.15, -0.1) is 0 Å². The van der Waals surface area contributed by atoms with Crippen molar-refractivity contribution in [3.05, 3.63) is 35.9 Å². The second-order valence-electron chi connectivity index (χ2n) is 6.48. The summed E-state index contributed by atoms with van der Waals surface area (Å²) in [6.45, 7) is 7.33. The number of hydrogen-bond donors (Lipinski definition) is 1. The van der Waals surface area contributed by atoms with Crippen LogP contribution in [0, 0.1) is 5.92 Å². The van der Waals surface area contributed by atoms with Crippen LogP contribution in [0.5, 0.6) is 0 Å². The zero-order chi connectivity index (χ0) is 15.5. The average Bonchev–Trinajstić information content (AvgIpc) is 2.85. The van der Waals surface area contributed by atoms with Crippen LogP contribution in [-0.4, -0.2) is 28.1 Å². The van der Waals surface area contributed by atoms with Crippen LogP contribution in [0.4, 0.5) is 0 Å². The Morgan fingerprint density at radius 3 is 2.52 bits per heavy atom. The van der Waals surface area contributed by atoms with Crippen molar-refractivity contribution in [2.75, 3.05) is 6.54 Å². The molecule has 21 heavy (non-hydrogen) atoms. The van der Waals surface area contributed by atoms with Gasteiger partial charge in [-0.2, -0.15) is 0 Å².